The molecule has 2 N–H and O–H groups in total. The van der Waals surface area contributed by atoms with E-state index in [0.29, 0.717) is 13.2 Å². The van der Waals surface area contributed by atoms with Gasteiger partial charge in [-0.2, -0.15) is 0 Å². The van der Waals surface area contributed by atoms with E-state index in [2.05, 4.69) is 0 Å². The maximum atomic E-state index is 12.3. The standard InChI is InChI=1S/C12H22N2O3S/c1-5-7-14(8-9(15)17-6-2)11(16)12(3,4)10(13)18/h5-8H2,1-4H3,(H2,13,18). The lowest BCUT2D eigenvalue weighted by molar-refractivity contribution is -0.150. The van der Waals surface area contributed by atoms with Crippen LogP contribution in [0.5, 0.6) is 0 Å². The van der Waals surface area contributed by atoms with Gasteiger partial charge in [-0.25, -0.2) is 0 Å². The van der Waals surface area contributed by atoms with Crippen molar-refractivity contribution in [3.63, 3.8) is 0 Å². The molecule has 0 aromatic carbocycles. The first-order valence-electron chi connectivity index (χ1n) is 6.02. The summed E-state index contributed by atoms with van der Waals surface area (Å²) in [5.74, 6) is -0.664. The number of carbonyl (C=O) groups is 2. The topological polar surface area (TPSA) is 72.6 Å². The fraction of sp³-hybridized carbons (Fsp3) is 0.750. The van der Waals surface area contributed by atoms with Gasteiger partial charge in [0.2, 0.25) is 5.91 Å². The second-order valence-electron chi connectivity index (χ2n) is 4.52. The molecule has 0 unspecified atom stereocenters. The molecular weight excluding hydrogens is 252 g/mol. The van der Waals surface area contributed by atoms with Gasteiger partial charge in [-0.3, -0.25) is 9.59 Å². The third kappa shape index (κ3) is 4.60. The molecule has 0 bridgehead atoms. The van der Waals surface area contributed by atoms with Crippen LogP contribution in [-0.4, -0.2) is 41.5 Å². The van der Waals surface area contributed by atoms with Crippen molar-refractivity contribution in [1.29, 1.82) is 0 Å². The van der Waals surface area contributed by atoms with Crippen LogP contribution < -0.4 is 5.73 Å². The van der Waals surface area contributed by atoms with E-state index in [4.69, 9.17) is 22.7 Å². The largest absolute Gasteiger partial charge is 0.465 e. The van der Waals surface area contributed by atoms with Crippen LogP contribution in [0.15, 0.2) is 0 Å². The van der Waals surface area contributed by atoms with Crippen molar-refractivity contribution < 1.29 is 14.3 Å². The summed E-state index contributed by atoms with van der Waals surface area (Å²) in [6, 6.07) is 0. The first-order chi connectivity index (χ1) is 8.27. The summed E-state index contributed by atoms with van der Waals surface area (Å²) in [6.07, 6.45) is 0.749. The van der Waals surface area contributed by atoms with Crippen LogP contribution in [0, 0.1) is 5.41 Å². The number of ether oxygens (including phenoxy) is 1. The number of amides is 1. The lowest BCUT2D eigenvalue weighted by Crippen LogP contribution is -2.49. The molecule has 0 aliphatic heterocycles. The number of nitrogens with zero attached hydrogens (tertiary/aromatic N) is 1. The number of nitrogens with two attached hydrogens (primary N) is 1. The summed E-state index contributed by atoms with van der Waals surface area (Å²) in [5.41, 5.74) is 4.61. The highest BCUT2D eigenvalue weighted by Gasteiger charge is 2.35. The quantitative estimate of drug-likeness (QED) is 0.556. The van der Waals surface area contributed by atoms with Crippen molar-refractivity contribution >= 4 is 29.1 Å². The van der Waals surface area contributed by atoms with Crippen molar-refractivity contribution in [2.45, 2.75) is 34.1 Å². The summed E-state index contributed by atoms with van der Waals surface area (Å²) in [4.78, 5) is 25.3. The van der Waals surface area contributed by atoms with Gasteiger partial charge in [-0.1, -0.05) is 19.1 Å². The minimum Gasteiger partial charge on any atom is -0.465 e. The van der Waals surface area contributed by atoms with Crippen molar-refractivity contribution in [3.8, 4) is 0 Å². The number of carbonyl (C=O) groups excluding carboxylic acids is 2. The molecule has 0 aliphatic rings. The zero-order valence-corrected chi connectivity index (χ0v) is 12.3. The Morgan fingerprint density at radius 3 is 2.28 bits per heavy atom. The van der Waals surface area contributed by atoms with Crippen LogP contribution in [-0.2, 0) is 14.3 Å². The molecule has 0 saturated heterocycles. The molecule has 0 spiro atoms. The summed E-state index contributed by atoms with van der Waals surface area (Å²) in [7, 11) is 0. The van der Waals surface area contributed by atoms with E-state index in [0.717, 1.165) is 6.42 Å². The molecule has 1 amide bonds. The molecule has 0 saturated carbocycles. The summed E-state index contributed by atoms with van der Waals surface area (Å²) < 4.78 is 4.85. The number of hydrogen-bond donors (Lipinski definition) is 1. The van der Waals surface area contributed by atoms with Gasteiger partial charge in [0.15, 0.2) is 0 Å². The Bertz CT molecular complexity index is 329. The first-order valence-corrected chi connectivity index (χ1v) is 6.43. The molecule has 0 aromatic heterocycles. The zero-order chi connectivity index (χ0) is 14.3. The average molecular weight is 274 g/mol. The highest BCUT2D eigenvalue weighted by molar-refractivity contribution is 7.80. The second-order valence-corrected chi connectivity index (χ2v) is 4.96. The zero-order valence-electron chi connectivity index (χ0n) is 11.5. The molecule has 104 valence electrons. The lowest BCUT2D eigenvalue weighted by Gasteiger charge is -2.30. The smallest absolute Gasteiger partial charge is 0.325 e. The molecule has 18 heavy (non-hydrogen) atoms. The maximum Gasteiger partial charge on any atom is 0.325 e. The molecule has 0 aliphatic carbocycles. The van der Waals surface area contributed by atoms with Gasteiger partial charge in [0.1, 0.15) is 6.54 Å². The Kier molecular flexibility index (Phi) is 6.83. The van der Waals surface area contributed by atoms with Crippen LogP contribution in [0.1, 0.15) is 34.1 Å². The fourth-order valence-corrected chi connectivity index (χ4v) is 1.47. The predicted octanol–water partition coefficient (Wildman–Crippen LogP) is 1.10. The highest BCUT2D eigenvalue weighted by Crippen LogP contribution is 2.19. The normalized spacial score (nSPS) is 10.9. The van der Waals surface area contributed by atoms with Crippen molar-refractivity contribution in [3.05, 3.63) is 0 Å². The van der Waals surface area contributed by atoms with E-state index in [9.17, 15) is 9.59 Å². The van der Waals surface area contributed by atoms with Crippen LogP contribution in [0.25, 0.3) is 0 Å². The Morgan fingerprint density at radius 1 is 1.33 bits per heavy atom. The van der Waals surface area contributed by atoms with Crippen LogP contribution in [0.4, 0.5) is 0 Å². The van der Waals surface area contributed by atoms with E-state index in [-0.39, 0.29) is 17.4 Å². The van der Waals surface area contributed by atoms with Crippen LogP contribution in [0.3, 0.4) is 0 Å². The van der Waals surface area contributed by atoms with E-state index >= 15 is 0 Å². The van der Waals surface area contributed by atoms with E-state index in [1.165, 1.54) is 4.90 Å². The van der Waals surface area contributed by atoms with E-state index in [1.54, 1.807) is 20.8 Å². The van der Waals surface area contributed by atoms with Crippen molar-refractivity contribution in [1.82, 2.24) is 4.90 Å². The molecule has 0 atom stereocenters. The van der Waals surface area contributed by atoms with Gasteiger partial charge in [-0.05, 0) is 27.2 Å². The highest BCUT2D eigenvalue weighted by atomic mass is 32.1. The van der Waals surface area contributed by atoms with Gasteiger partial charge < -0.3 is 15.4 Å². The number of thiocarbonyl (C=S) groups is 1. The molecular formula is C12H22N2O3S. The van der Waals surface area contributed by atoms with Gasteiger partial charge in [-0.15, -0.1) is 0 Å². The molecule has 0 heterocycles. The van der Waals surface area contributed by atoms with Crippen LogP contribution >= 0.6 is 12.2 Å². The van der Waals surface area contributed by atoms with Gasteiger partial charge in [0.05, 0.1) is 17.0 Å². The van der Waals surface area contributed by atoms with Crippen molar-refractivity contribution in [2.24, 2.45) is 11.1 Å². The monoisotopic (exact) mass is 274 g/mol. The van der Waals surface area contributed by atoms with E-state index < -0.39 is 11.4 Å². The van der Waals surface area contributed by atoms with E-state index in [1.807, 2.05) is 6.92 Å². The third-order valence-corrected chi connectivity index (χ3v) is 3.07. The first kappa shape index (κ1) is 16.8. The number of esters is 1. The summed E-state index contributed by atoms with van der Waals surface area (Å²) in [5, 5.41) is 0. The Hall–Kier alpha value is -1.17. The minimum atomic E-state index is -0.947. The molecule has 0 radical (unpaired) electrons. The third-order valence-electron chi connectivity index (χ3n) is 2.56. The number of hydrogen-bond acceptors (Lipinski definition) is 4. The summed E-state index contributed by atoms with van der Waals surface area (Å²) in [6.45, 7) is 7.68. The van der Waals surface area contributed by atoms with Crippen LogP contribution in [0.2, 0.25) is 0 Å². The second kappa shape index (κ2) is 7.31. The lowest BCUT2D eigenvalue weighted by atomic mass is 9.91. The molecule has 0 aromatic rings. The molecule has 0 rings (SSSR count). The van der Waals surface area contributed by atoms with Gasteiger partial charge in [0.25, 0.3) is 0 Å². The minimum absolute atomic E-state index is 0.0629. The molecule has 5 nitrogen and oxygen atoms in total. The predicted molar refractivity (Wildman–Crippen MR) is 74.1 cm³/mol. The molecule has 6 heteroatoms. The fourth-order valence-electron chi connectivity index (χ4n) is 1.39. The van der Waals surface area contributed by atoms with Gasteiger partial charge >= 0.3 is 5.97 Å². The maximum absolute atomic E-state index is 12.3. The Morgan fingerprint density at radius 2 is 1.89 bits per heavy atom. The Labute approximate surface area is 114 Å². The number of rotatable bonds is 7. The summed E-state index contributed by atoms with van der Waals surface area (Å²) >= 11 is 4.89. The SMILES string of the molecule is CCCN(CC(=O)OCC)C(=O)C(C)(C)C(N)=S. The van der Waals surface area contributed by atoms with Crippen molar-refractivity contribution in [2.75, 3.05) is 19.7 Å². The Balaban J connectivity index is 4.84. The average Bonchev–Trinajstić information content (AvgIpc) is 2.27. The molecule has 0 fully saturated rings. The van der Waals surface area contributed by atoms with Gasteiger partial charge in [0, 0.05) is 6.54 Å².